The first-order valence-electron chi connectivity index (χ1n) is 5.49. The number of hydrogen-bond acceptors (Lipinski definition) is 3. The van der Waals surface area contributed by atoms with Crippen LogP contribution in [0.5, 0.6) is 0 Å². The molecule has 0 radical (unpaired) electrons. The summed E-state index contributed by atoms with van der Waals surface area (Å²) >= 11 is 0. The molecule has 88 valence electrons. The number of aromatic carboxylic acids is 1. The third-order valence-corrected chi connectivity index (χ3v) is 2.72. The van der Waals surface area contributed by atoms with E-state index >= 15 is 0 Å². The minimum absolute atomic E-state index is 0.250. The van der Waals surface area contributed by atoms with Crippen molar-refractivity contribution in [2.45, 2.75) is 39.2 Å². The first-order valence-corrected chi connectivity index (χ1v) is 5.49. The summed E-state index contributed by atoms with van der Waals surface area (Å²) in [5.41, 5.74) is 0.735. The lowest BCUT2D eigenvalue weighted by atomic mass is 9.90. The molecule has 0 amide bonds. The molecule has 16 heavy (non-hydrogen) atoms. The van der Waals surface area contributed by atoms with Gasteiger partial charge in [0.05, 0.1) is 5.69 Å². The van der Waals surface area contributed by atoms with Crippen molar-refractivity contribution in [2.24, 2.45) is 0 Å². The van der Waals surface area contributed by atoms with Crippen LogP contribution in [0.3, 0.4) is 0 Å². The van der Waals surface area contributed by atoms with Crippen molar-refractivity contribution in [3.8, 4) is 0 Å². The second-order valence-electron chi connectivity index (χ2n) is 5.12. The molecule has 0 unspecified atom stereocenters. The summed E-state index contributed by atoms with van der Waals surface area (Å²) in [4.78, 5) is 15.7. The number of nitrogens with zero attached hydrogens (tertiary/aromatic N) is 2. The van der Waals surface area contributed by atoms with E-state index in [1.54, 1.807) is 4.57 Å². The molecule has 5 nitrogen and oxygen atoms in total. The molecule has 1 aromatic rings. The Bertz CT molecular complexity index is 429. The molecule has 2 N–H and O–H groups in total. The number of carboxylic acid groups (broad SMARTS) is 1. The molecule has 0 fully saturated rings. The van der Waals surface area contributed by atoms with Gasteiger partial charge in [-0.15, -0.1) is 0 Å². The molecular weight excluding hydrogens is 206 g/mol. The molecule has 0 spiro atoms. The molecule has 0 saturated carbocycles. The van der Waals surface area contributed by atoms with Crippen molar-refractivity contribution < 1.29 is 9.90 Å². The Labute approximate surface area is 94.5 Å². The number of aromatic nitrogens is 2. The van der Waals surface area contributed by atoms with Crippen LogP contribution in [0.4, 0.5) is 5.95 Å². The number of carboxylic acids is 1. The van der Waals surface area contributed by atoms with Crippen LogP contribution < -0.4 is 5.32 Å². The van der Waals surface area contributed by atoms with Crippen molar-refractivity contribution in [1.29, 1.82) is 0 Å². The average Bonchev–Trinajstić information content (AvgIpc) is 2.55. The van der Waals surface area contributed by atoms with Crippen LogP contribution in [0, 0.1) is 0 Å². The van der Waals surface area contributed by atoms with Gasteiger partial charge in [0.25, 0.3) is 0 Å². The van der Waals surface area contributed by atoms with E-state index in [4.69, 9.17) is 0 Å². The highest BCUT2D eigenvalue weighted by molar-refractivity contribution is 5.88. The van der Waals surface area contributed by atoms with E-state index in [0.29, 0.717) is 17.3 Å². The quantitative estimate of drug-likeness (QED) is 0.760. The van der Waals surface area contributed by atoms with E-state index in [9.17, 15) is 9.90 Å². The van der Waals surface area contributed by atoms with Gasteiger partial charge in [-0.3, -0.25) is 0 Å². The van der Waals surface area contributed by atoms with Gasteiger partial charge in [-0.25, -0.2) is 9.78 Å². The predicted molar refractivity (Wildman–Crippen MR) is 61.0 cm³/mol. The molecule has 0 saturated heterocycles. The number of rotatable bonds is 1. The van der Waals surface area contributed by atoms with Crippen LogP contribution in [0.15, 0.2) is 0 Å². The van der Waals surface area contributed by atoms with Gasteiger partial charge in [-0.2, -0.15) is 0 Å². The fourth-order valence-electron chi connectivity index (χ4n) is 1.98. The number of anilines is 1. The zero-order valence-electron chi connectivity index (χ0n) is 9.87. The zero-order valence-corrected chi connectivity index (χ0v) is 9.87. The van der Waals surface area contributed by atoms with E-state index in [-0.39, 0.29) is 5.41 Å². The lowest BCUT2D eigenvalue weighted by Gasteiger charge is -2.18. The largest absolute Gasteiger partial charge is 0.477 e. The van der Waals surface area contributed by atoms with Crippen LogP contribution in [-0.4, -0.2) is 27.2 Å². The minimum Gasteiger partial charge on any atom is -0.477 e. The van der Waals surface area contributed by atoms with Gasteiger partial charge in [-0.05, 0) is 6.42 Å². The van der Waals surface area contributed by atoms with E-state index in [1.165, 1.54) is 0 Å². The average molecular weight is 223 g/mol. The number of imidazole rings is 1. The summed E-state index contributed by atoms with van der Waals surface area (Å²) in [6.45, 7) is 7.53. The number of hydrogen-bond donors (Lipinski definition) is 2. The minimum atomic E-state index is -0.896. The van der Waals surface area contributed by atoms with Gasteiger partial charge in [0.15, 0.2) is 5.69 Å². The molecule has 0 aliphatic carbocycles. The topological polar surface area (TPSA) is 67.2 Å². The van der Waals surface area contributed by atoms with Crippen molar-refractivity contribution in [3.63, 3.8) is 0 Å². The summed E-state index contributed by atoms with van der Waals surface area (Å²) in [7, 11) is 0. The van der Waals surface area contributed by atoms with E-state index in [1.807, 2.05) is 20.8 Å². The summed E-state index contributed by atoms with van der Waals surface area (Å²) < 4.78 is 1.77. The number of nitrogens with one attached hydrogen (secondary N) is 1. The normalized spacial score (nSPS) is 15.4. The van der Waals surface area contributed by atoms with Crippen molar-refractivity contribution in [3.05, 3.63) is 11.4 Å². The highest BCUT2D eigenvalue weighted by atomic mass is 16.4. The third kappa shape index (κ3) is 1.66. The Kier molecular flexibility index (Phi) is 2.40. The van der Waals surface area contributed by atoms with Gasteiger partial charge < -0.3 is 15.0 Å². The fourth-order valence-corrected chi connectivity index (χ4v) is 1.98. The van der Waals surface area contributed by atoms with E-state index in [2.05, 4.69) is 10.3 Å². The Balaban J connectivity index is 2.61. The van der Waals surface area contributed by atoms with E-state index in [0.717, 1.165) is 19.5 Å². The highest BCUT2D eigenvalue weighted by Gasteiger charge is 2.30. The molecule has 1 aliphatic rings. The first-order chi connectivity index (χ1) is 7.41. The molecule has 1 aromatic heterocycles. The standard InChI is InChI=1S/C11H17N3O2/c1-11(2,3)8-7(9(15)16)14-6-4-5-12-10(14)13-8/h4-6H2,1-3H3,(H,12,13)(H,15,16). The SMILES string of the molecule is CC(C)(C)c1nc2n(c1C(=O)O)CCCN2. The summed E-state index contributed by atoms with van der Waals surface area (Å²) in [5.74, 6) is -0.207. The maximum absolute atomic E-state index is 11.3. The van der Waals surface area contributed by atoms with Gasteiger partial charge in [0.1, 0.15) is 0 Å². The maximum atomic E-state index is 11.3. The van der Waals surface area contributed by atoms with Crippen molar-refractivity contribution in [1.82, 2.24) is 9.55 Å². The Morgan fingerprint density at radius 1 is 1.50 bits per heavy atom. The summed E-state index contributed by atoms with van der Waals surface area (Å²) in [6.07, 6.45) is 0.938. The van der Waals surface area contributed by atoms with Crippen LogP contribution in [-0.2, 0) is 12.0 Å². The van der Waals surface area contributed by atoms with E-state index < -0.39 is 5.97 Å². The van der Waals surface area contributed by atoms with Gasteiger partial charge in [0.2, 0.25) is 5.95 Å². The fraction of sp³-hybridized carbons (Fsp3) is 0.636. The molecule has 2 heterocycles. The highest BCUT2D eigenvalue weighted by Crippen LogP contribution is 2.29. The second-order valence-corrected chi connectivity index (χ2v) is 5.12. The second kappa shape index (κ2) is 3.50. The number of carbonyl (C=O) groups is 1. The molecular formula is C11H17N3O2. The van der Waals surface area contributed by atoms with Crippen LogP contribution in [0.1, 0.15) is 43.4 Å². The third-order valence-electron chi connectivity index (χ3n) is 2.72. The molecule has 0 bridgehead atoms. The Hall–Kier alpha value is -1.52. The monoisotopic (exact) mass is 223 g/mol. The molecule has 1 aliphatic heterocycles. The maximum Gasteiger partial charge on any atom is 0.354 e. The van der Waals surface area contributed by atoms with Gasteiger partial charge in [-0.1, -0.05) is 20.8 Å². The van der Waals surface area contributed by atoms with Gasteiger partial charge >= 0.3 is 5.97 Å². The molecule has 0 atom stereocenters. The van der Waals surface area contributed by atoms with Crippen molar-refractivity contribution in [2.75, 3.05) is 11.9 Å². The Morgan fingerprint density at radius 2 is 2.19 bits per heavy atom. The lowest BCUT2D eigenvalue weighted by Crippen LogP contribution is -2.22. The van der Waals surface area contributed by atoms with Crippen LogP contribution in [0.25, 0.3) is 0 Å². The number of fused-ring (bicyclic) bond motifs is 1. The van der Waals surface area contributed by atoms with Crippen molar-refractivity contribution >= 4 is 11.9 Å². The van der Waals surface area contributed by atoms with Gasteiger partial charge in [0, 0.05) is 18.5 Å². The summed E-state index contributed by atoms with van der Waals surface area (Å²) in [5, 5.41) is 12.4. The zero-order chi connectivity index (χ0) is 11.9. The Morgan fingerprint density at radius 3 is 2.75 bits per heavy atom. The van der Waals surface area contributed by atoms with Crippen LogP contribution in [0.2, 0.25) is 0 Å². The molecule has 5 heteroatoms. The molecule has 0 aromatic carbocycles. The summed E-state index contributed by atoms with van der Waals surface area (Å²) in [6, 6.07) is 0. The lowest BCUT2D eigenvalue weighted by molar-refractivity contribution is 0.0681. The van der Waals surface area contributed by atoms with Crippen LogP contribution >= 0.6 is 0 Å². The molecule has 2 rings (SSSR count). The first kappa shape index (κ1) is 11.0. The smallest absolute Gasteiger partial charge is 0.354 e. The predicted octanol–water partition coefficient (Wildman–Crippen LogP) is 1.69.